The van der Waals surface area contributed by atoms with Crippen LogP contribution in [0.4, 0.5) is 17.1 Å². The minimum atomic E-state index is -3.61. The minimum absolute atomic E-state index is 0.198. The molecule has 0 aliphatic carbocycles. The maximum Gasteiger partial charge on any atom is 0.255 e. The van der Waals surface area contributed by atoms with Gasteiger partial charge in [0, 0.05) is 18.9 Å². The van der Waals surface area contributed by atoms with Crippen LogP contribution < -0.4 is 19.8 Å². The van der Waals surface area contributed by atoms with Crippen LogP contribution >= 0.6 is 0 Å². The lowest BCUT2D eigenvalue weighted by atomic mass is 9.86. The second kappa shape index (κ2) is 11.2. The first-order chi connectivity index (χ1) is 19.1. The molecule has 1 aliphatic rings. The molecule has 0 saturated carbocycles. The van der Waals surface area contributed by atoms with Gasteiger partial charge in [-0.05, 0) is 47.7 Å². The molecule has 220 valence electrons. The number of carbonyl (C=O) groups excluding carboxylic acids is 1. The van der Waals surface area contributed by atoms with Gasteiger partial charge in [-0.15, -0.1) is 0 Å². The van der Waals surface area contributed by atoms with Gasteiger partial charge in [-0.3, -0.25) is 13.7 Å². The summed E-state index contributed by atoms with van der Waals surface area (Å²) in [6.07, 6.45) is 4.29. The van der Waals surface area contributed by atoms with Crippen molar-refractivity contribution in [2.75, 3.05) is 41.2 Å². The van der Waals surface area contributed by atoms with E-state index in [4.69, 9.17) is 4.74 Å². The summed E-state index contributed by atoms with van der Waals surface area (Å²) in [5, 5.41) is 13.8. The number of methoxy groups -OCH3 is 1. The maximum atomic E-state index is 13.5. The van der Waals surface area contributed by atoms with Crippen LogP contribution in [0.15, 0.2) is 52.0 Å². The quantitative estimate of drug-likeness (QED) is 0.391. The van der Waals surface area contributed by atoms with Crippen LogP contribution in [0.5, 0.6) is 5.75 Å². The largest absolute Gasteiger partial charge is 0.492 e. The predicted octanol–water partition coefficient (Wildman–Crippen LogP) is 4.32. The van der Waals surface area contributed by atoms with E-state index in [2.05, 4.69) is 25.4 Å². The molecule has 0 spiro atoms. The van der Waals surface area contributed by atoms with Crippen molar-refractivity contribution < 1.29 is 22.2 Å². The number of ether oxygens (including phenoxy) is 1. The van der Waals surface area contributed by atoms with E-state index in [0.717, 1.165) is 23.1 Å². The zero-order valence-electron chi connectivity index (χ0n) is 24.3. The second-order valence-corrected chi connectivity index (χ2v) is 14.0. The number of hydrogen-bond acceptors (Lipinski definition) is 9. The van der Waals surface area contributed by atoms with Gasteiger partial charge in [0.25, 0.3) is 5.91 Å². The number of nitrogens with zero attached hydrogens (tertiary/aromatic N) is 5. The zero-order chi connectivity index (χ0) is 30.3. The Morgan fingerprint density at radius 2 is 1.85 bits per heavy atom. The van der Waals surface area contributed by atoms with Gasteiger partial charge in [0.05, 0.1) is 59.7 Å². The number of anilines is 3. The molecule has 0 saturated heterocycles. The normalized spacial score (nSPS) is 16.1. The number of carbonyl (C=O) groups is 1. The Labute approximate surface area is 242 Å². The van der Waals surface area contributed by atoms with Crippen molar-refractivity contribution in [1.29, 1.82) is 0 Å². The Hall–Kier alpha value is -3.78. The summed E-state index contributed by atoms with van der Waals surface area (Å²) in [5.74, 6) is -0.209. The highest BCUT2D eigenvalue weighted by atomic mass is 32.2. The van der Waals surface area contributed by atoms with Crippen LogP contribution in [-0.2, 0) is 33.3 Å². The summed E-state index contributed by atoms with van der Waals surface area (Å²) in [5.41, 5.74) is 3.79. The van der Waals surface area contributed by atoms with E-state index < -0.39 is 26.7 Å². The van der Waals surface area contributed by atoms with E-state index in [1.165, 1.54) is 7.11 Å². The average Bonchev–Trinajstić information content (AvgIpc) is 3.49. The lowest BCUT2D eigenvalue weighted by molar-refractivity contribution is 0.102. The van der Waals surface area contributed by atoms with Gasteiger partial charge < -0.3 is 14.6 Å². The van der Waals surface area contributed by atoms with E-state index in [9.17, 15) is 17.4 Å². The molecule has 3 aromatic rings. The van der Waals surface area contributed by atoms with Crippen LogP contribution in [0.2, 0.25) is 0 Å². The first-order valence-electron chi connectivity index (χ1n) is 12.7. The topological polar surface area (TPSA) is 147 Å². The number of sulfonamides is 1. The Morgan fingerprint density at radius 1 is 1.17 bits per heavy atom. The number of aromatic nitrogens is 2. The number of imidazole rings is 1. The third-order valence-electron chi connectivity index (χ3n) is 6.68. The highest BCUT2D eigenvalue weighted by Crippen LogP contribution is 2.39. The Balaban J connectivity index is 1.63. The van der Waals surface area contributed by atoms with Gasteiger partial charge in [0.2, 0.25) is 10.0 Å². The molecule has 1 aromatic heterocycles. The molecule has 0 bridgehead atoms. The van der Waals surface area contributed by atoms with Crippen molar-refractivity contribution in [3.05, 3.63) is 58.9 Å². The molecule has 41 heavy (non-hydrogen) atoms. The average molecular weight is 602 g/mol. The summed E-state index contributed by atoms with van der Waals surface area (Å²) >= 11 is 0. The third kappa shape index (κ3) is 6.59. The van der Waals surface area contributed by atoms with Gasteiger partial charge in [0.1, 0.15) is 6.04 Å². The fourth-order valence-corrected chi connectivity index (χ4v) is 5.76. The molecule has 2 unspecified atom stereocenters. The van der Waals surface area contributed by atoms with Crippen LogP contribution in [0, 0.1) is 6.92 Å². The molecule has 14 heteroatoms. The third-order valence-corrected chi connectivity index (χ3v) is 8.16. The molecule has 4 rings (SSSR count). The molecule has 2 heterocycles. The number of nitrogens with one attached hydrogen (secondary N) is 2. The van der Waals surface area contributed by atoms with E-state index in [1.54, 1.807) is 53.3 Å². The fraction of sp³-hybridized carbons (Fsp3) is 0.407. The molecule has 0 radical (unpaired) electrons. The number of aryl methyl sites for hydroxylation is 1. The Bertz CT molecular complexity index is 1660. The van der Waals surface area contributed by atoms with Crippen molar-refractivity contribution in [1.82, 2.24) is 9.55 Å². The van der Waals surface area contributed by atoms with E-state index in [-0.39, 0.29) is 22.9 Å². The lowest BCUT2D eigenvalue weighted by Gasteiger charge is -2.24. The maximum absolute atomic E-state index is 13.5. The van der Waals surface area contributed by atoms with E-state index >= 15 is 0 Å². The molecule has 1 aliphatic heterocycles. The number of benzene rings is 2. The van der Waals surface area contributed by atoms with Gasteiger partial charge in [-0.1, -0.05) is 32.1 Å². The highest BCUT2D eigenvalue weighted by Gasteiger charge is 2.28. The van der Waals surface area contributed by atoms with Crippen LogP contribution in [0.1, 0.15) is 54.0 Å². The van der Waals surface area contributed by atoms with E-state index in [0.29, 0.717) is 28.6 Å². The molecular weight excluding hydrogens is 566 g/mol. The highest BCUT2D eigenvalue weighted by molar-refractivity contribution is 7.92. The first kappa shape index (κ1) is 30.2. The van der Waals surface area contributed by atoms with Gasteiger partial charge >= 0.3 is 0 Å². The Morgan fingerprint density at radius 3 is 2.44 bits per heavy atom. The molecule has 2 atom stereocenters. The summed E-state index contributed by atoms with van der Waals surface area (Å²) in [6.45, 7) is 8.30. The monoisotopic (exact) mass is 601 g/mol. The smallest absolute Gasteiger partial charge is 0.255 e. The summed E-state index contributed by atoms with van der Waals surface area (Å²) < 4.78 is 45.8. The van der Waals surface area contributed by atoms with Crippen molar-refractivity contribution in [2.45, 2.75) is 44.3 Å². The molecule has 1 amide bonds. The number of amides is 1. The van der Waals surface area contributed by atoms with Crippen LogP contribution in [-0.4, -0.2) is 54.3 Å². The predicted molar refractivity (Wildman–Crippen MR) is 160 cm³/mol. The van der Waals surface area contributed by atoms with Crippen molar-refractivity contribution in [2.24, 2.45) is 17.4 Å². The Kier molecular flexibility index (Phi) is 8.28. The molecular formula is C27H35N7O5S2. The van der Waals surface area contributed by atoms with Crippen molar-refractivity contribution >= 4 is 43.8 Å². The van der Waals surface area contributed by atoms with Gasteiger partial charge in [-0.2, -0.15) is 5.11 Å². The SMILES string of the molecule is COc1c(NC(=O)c2ccc(C)c(N3CC(c4cnc(S(C)=O)n4C)N=N3)c2)cc(C(C)(C)C)cc1NS(C)(=O)=O. The van der Waals surface area contributed by atoms with Gasteiger partial charge in [0.15, 0.2) is 10.9 Å². The minimum Gasteiger partial charge on any atom is -0.492 e. The number of rotatable bonds is 8. The van der Waals surface area contributed by atoms with Gasteiger partial charge in [-0.25, -0.2) is 18.4 Å². The van der Waals surface area contributed by atoms with E-state index in [1.807, 2.05) is 33.8 Å². The molecule has 0 fully saturated rings. The first-order valence-corrected chi connectivity index (χ1v) is 16.2. The van der Waals surface area contributed by atoms with Crippen molar-refractivity contribution in [3.63, 3.8) is 0 Å². The second-order valence-electron chi connectivity index (χ2n) is 11.0. The molecule has 2 N–H and O–H groups in total. The summed E-state index contributed by atoms with van der Waals surface area (Å²) in [4.78, 5) is 17.8. The fourth-order valence-electron chi connectivity index (χ4n) is 4.52. The standard InChI is InChI=1S/C27H35N7O5S2/c1-16-9-10-17(11-22(16)34-15-21(30-32-34)23-14-28-26(33(23)5)40(7)36)25(35)29-19-12-18(27(2,3)4)13-20(24(19)39-6)31-41(8,37)38/h9-14,21,31H,15H2,1-8H3,(H,29,35). The zero-order valence-corrected chi connectivity index (χ0v) is 26.0. The van der Waals surface area contributed by atoms with Crippen molar-refractivity contribution in [3.8, 4) is 5.75 Å². The molecule has 12 nitrogen and oxygen atoms in total. The van der Waals surface area contributed by atoms with Crippen LogP contribution in [0.3, 0.4) is 0 Å². The molecule has 2 aromatic carbocycles. The lowest BCUT2D eigenvalue weighted by Crippen LogP contribution is -2.20. The summed E-state index contributed by atoms with van der Waals surface area (Å²) in [7, 11) is -1.63. The van der Waals surface area contributed by atoms with Crippen LogP contribution in [0.25, 0.3) is 0 Å². The number of hydrogen-bond donors (Lipinski definition) is 2. The summed E-state index contributed by atoms with van der Waals surface area (Å²) in [6, 6.07) is 8.44.